The Morgan fingerprint density at radius 2 is 2.19 bits per heavy atom. The van der Waals surface area contributed by atoms with Crippen LogP contribution < -0.4 is 5.73 Å². The van der Waals surface area contributed by atoms with Crippen LogP contribution in [0.3, 0.4) is 0 Å². The Bertz CT molecular complexity index is 327. The summed E-state index contributed by atoms with van der Waals surface area (Å²) in [7, 11) is 0. The van der Waals surface area contributed by atoms with E-state index in [1.165, 1.54) is 25.7 Å². The number of hydrogen-bond donors (Lipinski definition) is 1. The van der Waals surface area contributed by atoms with Crippen molar-refractivity contribution in [3.8, 4) is 0 Å². The van der Waals surface area contributed by atoms with Crippen molar-refractivity contribution in [2.24, 2.45) is 11.7 Å². The molecule has 90 valence electrons. The van der Waals surface area contributed by atoms with Gasteiger partial charge < -0.3 is 14.9 Å². The van der Waals surface area contributed by atoms with Gasteiger partial charge in [0, 0.05) is 6.61 Å². The van der Waals surface area contributed by atoms with Gasteiger partial charge in [0.25, 0.3) is 0 Å². The summed E-state index contributed by atoms with van der Waals surface area (Å²) in [6.07, 6.45) is 5.38. The molecule has 0 atom stereocenters. The zero-order chi connectivity index (χ0) is 11.4. The third-order valence-electron chi connectivity index (χ3n) is 3.33. The van der Waals surface area contributed by atoms with E-state index in [1.54, 1.807) is 0 Å². The van der Waals surface area contributed by atoms with Crippen LogP contribution in [0.25, 0.3) is 0 Å². The molecule has 1 aromatic rings. The van der Waals surface area contributed by atoms with Crippen LogP contribution >= 0.6 is 0 Å². The van der Waals surface area contributed by atoms with Crippen LogP contribution in [-0.2, 0) is 17.9 Å². The molecular weight excluding hydrogens is 202 g/mol. The smallest absolute Gasteiger partial charge is 0.130 e. The molecule has 1 fully saturated rings. The fourth-order valence-corrected chi connectivity index (χ4v) is 2.37. The fourth-order valence-electron chi connectivity index (χ4n) is 2.37. The maximum atomic E-state index is 5.68. The normalized spacial score (nSPS) is 17.1. The molecule has 1 aliphatic carbocycles. The predicted octanol–water partition coefficient (Wildman–Crippen LogP) is 2.75. The van der Waals surface area contributed by atoms with Crippen LogP contribution in [0.4, 0.5) is 0 Å². The Labute approximate surface area is 97.0 Å². The van der Waals surface area contributed by atoms with Gasteiger partial charge in [-0.2, -0.15) is 0 Å². The van der Waals surface area contributed by atoms with Crippen molar-refractivity contribution < 1.29 is 9.15 Å². The van der Waals surface area contributed by atoms with Crippen molar-refractivity contribution in [2.75, 3.05) is 6.61 Å². The molecule has 3 heteroatoms. The lowest BCUT2D eigenvalue weighted by atomic mass is 10.1. The maximum absolute atomic E-state index is 5.68. The van der Waals surface area contributed by atoms with Gasteiger partial charge in [-0.1, -0.05) is 12.8 Å². The Kier molecular flexibility index (Phi) is 4.02. The van der Waals surface area contributed by atoms with Gasteiger partial charge in [-0.25, -0.2) is 0 Å². The van der Waals surface area contributed by atoms with E-state index >= 15 is 0 Å². The van der Waals surface area contributed by atoms with Crippen LogP contribution in [0.2, 0.25) is 0 Å². The first-order valence-corrected chi connectivity index (χ1v) is 6.15. The molecule has 0 amide bonds. The highest BCUT2D eigenvalue weighted by Crippen LogP contribution is 2.25. The Hall–Kier alpha value is -0.800. The highest BCUT2D eigenvalue weighted by Gasteiger charge is 2.15. The van der Waals surface area contributed by atoms with E-state index in [0.717, 1.165) is 29.6 Å². The third-order valence-corrected chi connectivity index (χ3v) is 3.33. The molecule has 0 unspecified atom stereocenters. The lowest BCUT2D eigenvalue weighted by Gasteiger charge is -2.08. The Morgan fingerprint density at radius 3 is 2.81 bits per heavy atom. The van der Waals surface area contributed by atoms with Crippen molar-refractivity contribution in [3.05, 3.63) is 23.2 Å². The minimum atomic E-state index is 0.467. The van der Waals surface area contributed by atoms with Gasteiger partial charge in [0.2, 0.25) is 0 Å². The summed E-state index contributed by atoms with van der Waals surface area (Å²) in [5.74, 6) is 2.54. The van der Waals surface area contributed by atoms with E-state index in [2.05, 4.69) is 0 Å². The summed E-state index contributed by atoms with van der Waals surface area (Å²) in [6, 6.07) is 2.02. The highest BCUT2D eigenvalue weighted by molar-refractivity contribution is 5.19. The molecule has 0 radical (unpaired) electrons. The van der Waals surface area contributed by atoms with Crippen molar-refractivity contribution in [1.82, 2.24) is 0 Å². The van der Waals surface area contributed by atoms with Gasteiger partial charge >= 0.3 is 0 Å². The van der Waals surface area contributed by atoms with Gasteiger partial charge in [-0.15, -0.1) is 0 Å². The summed E-state index contributed by atoms with van der Waals surface area (Å²) in [5, 5.41) is 0. The van der Waals surface area contributed by atoms with Crippen LogP contribution in [0, 0.1) is 12.8 Å². The molecule has 0 spiro atoms. The average molecular weight is 223 g/mol. The lowest BCUT2D eigenvalue weighted by Crippen LogP contribution is -2.04. The molecule has 3 nitrogen and oxygen atoms in total. The zero-order valence-corrected chi connectivity index (χ0v) is 10.00. The average Bonchev–Trinajstić information content (AvgIpc) is 2.88. The van der Waals surface area contributed by atoms with Crippen LogP contribution in [0.5, 0.6) is 0 Å². The van der Waals surface area contributed by atoms with E-state index in [-0.39, 0.29) is 0 Å². The van der Waals surface area contributed by atoms with Crippen LogP contribution in [0.15, 0.2) is 10.5 Å². The largest absolute Gasteiger partial charge is 0.462 e. The molecule has 2 N–H and O–H groups in total. The topological polar surface area (TPSA) is 48.4 Å². The monoisotopic (exact) mass is 223 g/mol. The zero-order valence-electron chi connectivity index (χ0n) is 10.00. The number of aryl methyl sites for hydroxylation is 1. The molecule has 0 aromatic carbocycles. The first kappa shape index (κ1) is 11.7. The number of rotatable bonds is 5. The van der Waals surface area contributed by atoms with Gasteiger partial charge in [-0.05, 0) is 37.3 Å². The summed E-state index contributed by atoms with van der Waals surface area (Å²) in [5.41, 5.74) is 6.68. The Morgan fingerprint density at radius 1 is 1.44 bits per heavy atom. The molecule has 1 saturated carbocycles. The quantitative estimate of drug-likeness (QED) is 0.835. The molecule has 0 saturated heterocycles. The van der Waals surface area contributed by atoms with E-state index in [9.17, 15) is 0 Å². The number of nitrogens with two attached hydrogens (primary N) is 1. The molecule has 0 aliphatic heterocycles. The second-order valence-electron chi connectivity index (χ2n) is 4.69. The van der Waals surface area contributed by atoms with E-state index in [1.807, 2.05) is 13.0 Å². The Balaban J connectivity index is 1.75. The minimum absolute atomic E-state index is 0.467. The number of ether oxygens (including phenoxy) is 1. The summed E-state index contributed by atoms with van der Waals surface area (Å²) >= 11 is 0. The van der Waals surface area contributed by atoms with E-state index in [4.69, 9.17) is 14.9 Å². The standard InChI is InChI=1S/C13H21NO2/c1-10-6-12(16-13(10)7-14)9-15-8-11-4-2-3-5-11/h6,11H,2-5,7-9,14H2,1H3. The highest BCUT2D eigenvalue weighted by atomic mass is 16.5. The van der Waals surface area contributed by atoms with Gasteiger partial charge in [0.1, 0.15) is 18.1 Å². The van der Waals surface area contributed by atoms with Crippen LogP contribution in [0.1, 0.15) is 42.8 Å². The molecule has 1 aromatic heterocycles. The molecule has 2 rings (SSSR count). The van der Waals surface area contributed by atoms with Crippen molar-refractivity contribution in [2.45, 2.75) is 45.8 Å². The SMILES string of the molecule is Cc1cc(COCC2CCCC2)oc1CN. The van der Waals surface area contributed by atoms with Gasteiger partial charge in [0.05, 0.1) is 6.54 Å². The van der Waals surface area contributed by atoms with Gasteiger partial charge in [-0.3, -0.25) is 0 Å². The lowest BCUT2D eigenvalue weighted by molar-refractivity contribution is 0.0765. The fraction of sp³-hybridized carbons (Fsp3) is 0.692. The number of furan rings is 1. The van der Waals surface area contributed by atoms with Crippen molar-refractivity contribution in [1.29, 1.82) is 0 Å². The first-order valence-electron chi connectivity index (χ1n) is 6.15. The molecule has 16 heavy (non-hydrogen) atoms. The summed E-state index contributed by atoms with van der Waals surface area (Å²) < 4.78 is 11.3. The summed E-state index contributed by atoms with van der Waals surface area (Å²) in [4.78, 5) is 0. The second kappa shape index (κ2) is 5.51. The maximum Gasteiger partial charge on any atom is 0.130 e. The summed E-state index contributed by atoms with van der Waals surface area (Å²) in [6.45, 7) is 3.94. The molecule has 1 aliphatic rings. The molecule has 1 heterocycles. The third kappa shape index (κ3) is 2.86. The predicted molar refractivity (Wildman–Crippen MR) is 63.0 cm³/mol. The van der Waals surface area contributed by atoms with Crippen LogP contribution in [-0.4, -0.2) is 6.61 Å². The first-order chi connectivity index (χ1) is 7.79. The number of hydrogen-bond acceptors (Lipinski definition) is 3. The van der Waals surface area contributed by atoms with Crippen molar-refractivity contribution in [3.63, 3.8) is 0 Å². The van der Waals surface area contributed by atoms with E-state index < -0.39 is 0 Å². The minimum Gasteiger partial charge on any atom is -0.462 e. The van der Waals surface area contributed by atoms with E-state index in [0.29, 0.717) is 13.2 Å². The molecular formula is C13H21NO2. The van der Waals surface area contributed by atoms with Crippen molar-refractivity contribution >= 4 is 0 Å². The molecule has 0 bridgehead atoms. The van der Waals surface area contributed by atoms with Gasteiger partial charge in [0.15, 0.2) is 0 Å². The second-order valence-corrected chi connectivity index (χ2v) is 4.69.